The van der Waals surface area contributed by atoms with E-state index in [4.69, 9.17) is 21.4 Å². The van der Waals surface area contributed by atoms with Gasteiger partial charge in [-0.2, -0.15) is 5.10 Å². The number of benzene rings is 2. The molecule has 7 nitrogen and oxygen atoms in total. The maximum Gasteiger partial charge on any atom is 0.257 e. The lowest BCUT2D eigenvalue weighted by atomic mass is 10.1. The summed E-state index contributed by atoms with van der Waals surface area (Å²) >= 11 is 6.24. The molecule has 5 rings (SSSR count). The van der Waals surface area contributed by atoms with E-state index >= 15 is 0 Å². The Balaban J connectivity index is 1.45. The molecule has 8 heteroatoms. The van der Waals surface area contributed by atoms with Gasteiger partial charge in [-0.15, -0.1) is 0 Å². The molecule has 3 heterocycles. The number of rotatable bonds is 5. The van der Waals surface area contributed by atoms with Crippen LogP contribution in [0.25, 0.3) is 16.8 Å². The van der Waals surface area contributed by atoms with Gasteiger partial charge in [-0.1, -0.05) is 41.9 Å². The Bertz CT molecular complexity index is 1330. The predicted molar refractivity (Wildman–Crippen MR) is 133 cm³/mol. The molecule has 34 heavy (non-hydrogen) atoms. The van der Waals surface area contributed by atoms with Gasteiger partial charge >= 0.3 is 0 Å². The van der Waals surface area contributed by atoms with E-state index in [0.717, 1.165) is 35.6 Å². The van der Waals surface area contributed by atoms with Crippen LogP contribution in [0, 0.1) is 6.92 Å². The van der Waals surface area contributed by atoms with Crippen molar-refractivity contribution >= 4 is 28.8 Å². The number of ether oxygens (including phenoxy) is 1. The molecule has 0 saturated carbocycles. The molecule has 1 saturated heterocycles. The molecular weight excluding hydrogens is 450 g/mol. The number of methoxy groups -OCH3 is 1. The zero-order valence-electron chi connectivity index (χ0n) is 19.2. The van der Waals surface area contributed by atoms with Crippen molar-refractivity contribution in [1.29, 1.82) is 0 Å². The minimum absolute atomic E-state index is 0.0206. The number of hydrogen-bond donors (Lipinski definition) is 0. The molecule has 0 unspecified atom stereocenters. The second-order valence-corrected chi connectivity index (χ2v) is 8.81. The third kappa shape index (κ3) is 4.13. The van der Waals surface area contributed by atoms with Crippen LogP contribution in [0.2, 0.25) is 5.02 Å². The standard InChI is InChI=1S/C26H26ClN5O2/c1-18-22(26(33)31-13-11-30(12-14-31)21-9-4-3-5-10-21)16-28-25-24(19-7-6-8-20(27)15-19)23(17-34-2)29-32(18)25/h3-10,15-16H,11-14,17H2,1-2H3. The van der Waals surface area contributed by atoms with E-state index in [1.165, 1.54) is 5.69 Å². The number of carbonyl (C=O) groups excluding carboxylic acids is 1. The Morgan fingerprint density at radius 2 is 1.82 bits per heavy atom. The molecule has 2 aromatic carbocycles. The lowest BCUT2D eigenvalue weighted by molar-refractivity contribution is 0.0745. The van der Waals surface area contributed by atoms with Crippen molar-refractivity contribution in [2.75, 3.05) is 38.2 Å². The van der Waals surface area contributed by atoms with Crippen molar-refractivity contribution in [3.05, 3.63) is 82.8 Å². The fourth-order valence-electron chi connectivity index (χ4n) is 4.50. The molecule has 1 aliphatic rings. The monoisotopic (exact) mass is 475 g/mol. The number of anilines is 1. The topological polar surface area (TPSA) is 63.0 Å². The molecule has 1 fully saturated rings. The van der Waals surface area contributed by atoms with E-state index in [1.807, 2.05) is 54.3 Å². The number of piperazine rings is 1. The Kier molecular flexibility index (Phi) is 6.22. The van der Waals surface area contributed by atoms with Crippen molar-refractivity contribution in [2.45, 2.75) is 13.5 Å². The third-order valence-corrected chi connectivity index (χ3v) is 6.51. The van der Waals surface area contributed by atoms with E-state index in [9.17, 15) is 4.79 Å². The van der Waals surface area contributed by atoms with E-state index in [1.54, 1.807) is 17.8 Å². The van der Waals surface area contributed by atoms with Crippen molar-refractivity contribution in [3.8, 4) is 11.1 Å². The number of hydrogen-bond acceptors (Lipinski definition) is 5. The predicted octanol–water partition coefficient (Wildman–Crippen LogP) is 4.47. The minimum Gasteiger partial charge on any atom is -0.378 e. The first kappa shape index (κ1) is 22.4. The molecule has 0 spiro atoms. The summed E-state index contributed by atoms with van der Waals surface area (Å²) in [5, 5.41) is 5.39. The fourth-order valence-corrected chi connectivity index (χ4v) is 4.69. The number of carbonyl (C=O) groups is 1. The SMILES string of the molecule is COCc1nn2c(C)c(C(=O)N3CCN(c4ccccc4)CC3)cnc2c1-c1cccc(Cl)c1. The summed E-state index contributed by atoms with van der Waals surface area (Å²) in [6, 6.07) is 17.9. The summed E-state index contributed by atoms with van der Waals surface area (Å²) in [4.78, 5) is 22.3. The number of nitrogens with zero attached hydrogens (tertiary/aromatic N) is 5. The van der Waals surface area contributed by atoms with Crippen molar-refractivity contribution in [1.82, 2.24) is 19.5 Å². The second kappa shape index (κ2) is 9.44. The van der Waals surface area contributed by atoms with Crippen LogP contribution in [0.3, 0.4) is 0 Å². The highest BCUT2D eigenvalue weighted by Gasteiger charge is 2.26. The van der Waals surface area contributed by atoms with E-state index in [2.05, 4.69) is 22.0 Å². The number of para-hydroxylation sites is 1. The number of aromatic nitrogens is 3. The van der Waals surface area contributed by atoms with Gasteiger partial charge in [0, 0.05) is 50.2 Å². The van der Waals surface area contributed by atoms with Crippen molar-refractivity contribution in [2.24, 2.45) is 0 Å². The maximum absolute atomic E-state index is 13.4. The molecule has 174 valence electrons. The third-order valence-electron chi connectivity index (χ3n) is 6.27. The van der Waals surface area contributed by atoms with Crippen LogP contribution in [-0.2, 0) is 11.3 Å². The van der Waals surface area contributed by atoms with E-state index < -0.39 is 0 Å². The summed E-state index contributed by atoms with van der Waals surface area (Å²) in [5.41, 5.74) is 5.71. The van der Waals surface area contributed by atoms with Crippen LogP contribution < -0.4 is 4.90 Å². The van der Waals surface area contributed by atoms with Crippen molar-refractivity contribution < 1.29 is 9.53 Å². The highest BCUT2D eigenvalue weighted by atomic mass is 35.5. The largest absolute Gasteiger partial charge is 0.378 e. The summed E-state index contributed by atoms with van der Waals surface area (Å²) in [6.07, 6.45) is 1.67. The van der Waals surface area contributed by atoms with Gasteiger partial charge in [-0.05, 0) is 36.8 Å². The number of amides is 1. The fraction of sp³-hybridized carbons (Fsp3) is 0.269. The Hall–Kier alpha value is -3.42. The minimum atomic E-state index is -0.0206. The Morgan fingerprint density at radius 3 is 2.53 bits per heavy atom. The lowest BCUT2D eigenvalue weighted by Crippen LogP contribution is -2.49. The first-order chi connectivity index (χ1) is 16.6. The van der Waals surface area contributed by atoms with Crippen LogP contribution >= 0.6 is 11.6 Å². The van der Waals surface area contributed by atoms with Crippen LogP contribution in [-0.4, -0.2) is 58.7 Å². The lowest BCUT2D eigenvalue weighted by Gasteiger charge is -2.36. The van der Waals surface area contributed by atoms with Gasteiger partial charge in [0.25, 0.3) is 5.91 Å². The quantitative estimate of drug-likeness (QED) is 0.426. The summed E-state index contributed by atoms with van der Waals surface area (Å²) in [7, 11) is 1.64. The molecule has 2 aromatic heterocycles. The van der Waals surface area contributed by atoms with Crippen LogP contribution in [0.5, 0.6) is 0 Å². The molecule has 0 aliphatic carbocycles. The van der Waals surface area contributed by atoms with Crippen LogP contribution in [0.15, 0.2) is 60.8 Å². The number of aryl methyl sites for hydroxylation is 1. The molecule has 1 amide bonds. The maximum atomic E-state index is 13.4. The zero-order valence-corrected chi connectivity index (χ0v) is 20.0. The highest BCUT2D eigenvalue weighted by Crippen LogP contribution is 2.31. The highest BCUT2D eigenvalue weighted by molar-refractivity contribution is 6.30. The van der Waals surface area contributed by atoms with Crippen LogP contribution in [0.4, 0.5) is 5.69 Å². The molecule has 0 bridgehead atoms. The van der Waals surface area contributed by atoms with Gasteiger partial charge in [0.05, 0.1) is 29.1 Å². The summed E-state index contributed by atoms with van der Waals surface area (Å²) in [6.45, 7) is 5.15. The average molecular weight is 476 g/mol. The summed E-state index contributed by atoms with van der Waals surface area (Å²) in [5.74, 6) is -0.0206. The van der Waals surface area contributed by atoms with Gasteiger partial charge in [-0.25, -0.2) is 9.50 Å². The first-order valence-electron chi connectivity index (χ1n) is 11.3. The van der Waals surface area contributed by atoms with E-state index in [0.29, 0.717) is 35.9 Å². The van der Waals surface area contributed by atoms with Gasteiger partial charge in [0.15, 0.2) is 5.65 Å². The average Bonchev–Trinajstić information content (AvgIpc) is 3.24. The van der Waals surface area contributed by atoms with E-state index in [-0.39, 0.29) is 5.91 Å². The molecule has 4 aromatic rings. The Labute approximate surface area is 203 Å². The molecule has 0 radical (unpaired) electrons. The Morgan fingerprint density at radius 1 is 1.06 bits per heavy atom. The van der Waals surface area contributed by atoms with Gasteiger partial charge in [-0.3, -0.25) is 4.79 Å². The first-order valence-corrected chi connectivity index (χ1v) is 11.7. The number of fused-ring (bicyclic) bond motifs is 1. The summed E-state index contributed by atoms with van der Waals surface area (Å²) < 4.78 is 7.14. The van der Waals surface area contributed by atoms with Crippen molar-refractivity contribution in [3.63, 3.8) is 0 Å². The second-order valence-electron chi connectivity index (χ2n) is 8.37. The molecule has 0 N–H and O–H groups in total. The smallest absolute Gasteiger partial charge is 0.257 e. The molecular formula is C26H26ClN5O2. The zero-order chi connectivity index (χ0) is 23.7. The van der Waals surface area contributed by atoms with Gasteiger partial charge < -0.3 is 14.5 Å². The normalized spacial score (nSPS) is 14.1. The molecule has 0 atom stereocenters. The van der Waals surface area contributed by atoms with Gasteiger partial charge in [0.2, 0.25) is 0 Å². The van der Waals surface area contributed by atoms with Gasteiger partial charge in [0.1, 0.15) is 0 Å². The molecule has 1 aliphatic heterocycles. The van der Waals surface area contributed by atoms with Crippen LogP contribution in [0.1, 0.15) is 21.7 Å². The number of halogens is 1.